The van der Waals surface area contributed by atoms with Gasteiger partial charge in [-0.3, -0.25) is 20.5 Å². The van der Waals surface area contributed by atoms with Gasteiger partial charge in [0.1, 0.15) is 10.8 Å². The second-order valence-electron chi connectivity index (χ2n) is 6.12. The van der Waals surface area contributed by atoms with Gasteiger partial charge in [0.15, 0.2) is 0 Å². The maximum atomic E-state index is 8.27. The molecule has 26 heavy (non-hydrogen) atoms. The summed E-state index contributed by atoms with van der Waals surface area (Å²) < 4.78 is 3.15. The molecular weight excluding hydrogens is 346 g/mol. The number of hydrogen-bond donors (Lipinski definition) is 2. The Hall–Kier alpha value is -3.13. The lowest BCUT2D eigenvalue weighted by Gasteiger charge is -2.06. The fourth-order valence-electron chi connectivity index (χ4n) is 2.86. The van der Waals surface area contributed by atoms with Crippen LogP contribution < -0.4 is 4.80 Å². The molecule has 3 heterocycles. The Labute approximate surface area is 153 Å². The Bertz CT molecular complexity index is 1180. The Kier molecular flexibility index (Phi) is 3.96. The number of rotatable bonds is 3. The van der Waals surface area contributed by atoms with E-state index < -0.39 is 0 Å². The Morgan fingerprint density at radius 1 is 1.19 bits per heavy atom. The van der Waals surface area contributed by atoms with E-state index in [1.807, 2.05) is 50.8 Å². The summed E-state index contributed by atoms with van der Waals surface area (Å²) in [6.07, 6.45) is 6.03. The number of nitrogens with one attached hydrogen (secondary N) is 2. The summed E-state index contributed by atoms with van der Waals surface area (Å²) >= 11 is 1.27. The summed E-state index contributed by atoms with van der Waals surface area (Å²) in [5.41, 5.74) is 3.93. The molecule has 1 aromatic carbocycles. The minimum Gasteiger partial charge on any atom is -0.286 e. The molecule has 0 radical (unpaired) electrons. The fraction of sp³-hybridized carbons (Fsp3) is 0.167. The predicted molar refractivity (Wildman–Crippen MR) is 101 cm³/mol. The van der Waals surface area contributed by atoms with Crippen LogP contribution in [0.25, 0.3) is 22.0 Å². The van der Waals surface area contributed by atoms with Crippen molar-refractivity contribution in [1.29, 1.82) is 10.8 Å². The molecule has 0 atom stereocenters. The quantitative estimate of drug-likeness (QED) is 0.433. The van der Waals surface area contributed by atoms with E-state index in [2.05, 4.69) is 21.2 Å². The van der Waals surface area contributed by atoms with Gasteiger partial charge in [-0.25, -0.2) is 0 Å². The van der Waals surface area contributed by atoms with Gasteiger partial charge < -0.3 is 0 Å². The van der Waals surface area contributed by atoms with Gasteiger partial charge in [-0.05, 0) is 30.7 Å². The second kappa shape index (κ2) is 6.30. The molecule has 0 aliphatic heterocycles. The highest BCUT2D eigenvalue weighted by molar-refractivity contribution is 7.08. The van der Waals surface area contributed by atoms with Crippen LogP contribution in [0, 0.1) is 17.7 Å². The van der Waals surface area contributed by atoms with Crippen molar-refractivity contribution < 1.29 is 0 Å². The molecule has 130 valence electrons. The second-order valence-corrected chi connectivity index (χ2v) is 7.30. The highest BCUT2D eigenvalue weighted by Crippen LogP contribution is 2.23. The standard InChI is InChI=1S/C18H17N7S/c1-11-23-25(18(20)26-11)17(19)6-12-3-4-16-13(5-12)7-14(8-21-16)15-9-22-24(2)10-15/h3-5,7-10,19-20H,6H2,1-2H3. The van der Waals surface area contributed by atoms with Crippen molar-refractivity contribution >= 4 is 28.1 Å². The molecule has 0 unspecified atom stereocenters. The van der Waals surface area contributed by atoms with E-state index >= 15 is 0 Å². The molecule has 3 aromatic heterocycles. The van der Waals surface area contributed by atoms with Crippen LogP contribution in [0.3, 0.4) is 0 Å². The number of pyridine rings is 1. The molecule has 2 N–H and O–H groups in total. The molecule has 8 heteroatoms. The normalized spacial score (nSPS) is 11.2. The maximum Gasteiger partial charge on any atom is 0.206 e. The summed E-state index contributed by atoms with van der Waals surface area (Å²) in [6, 6.07) is 8.06. The minimum atomic E-state index is 0.272. The predicted octanol–water partition coefficient (Wildman–Crippen LogP) is 2.75. The van der Waals surface area contributed by atoms with Gasteiger partial charge in [-0.1, -0.05) is 17.4 Å². The molecule has 0 fully saturated rings. The van der Waals surface area contributed by atoms with E-state index in [0.717, 1.165) is 32.6 Å². The Morgan fingerprint density at radius 2 is 2.04 bits per heavy atom. The maximum absolute atomic E-state index is 8.27. The summed E-state index contributed by atoms with van der Waals surface area (Å²) in [5.74, 6) is 0.287. The molecule has 0 bridgehead atoms. The van der Waals surface area contributed by atoms with Gasteiger partial charge >= 0.3 is 0 Å². The zero-order valence-corrected chi connectivity index (χ0v) is 15.2. The zero-order chi connectivity index (χ0) is 18.3. The lowest BCUT2D eigenvalue weighted by atomic mass is 10.0. The van der Waals surface area contributed by atoms with E-state index in [-0.39, 0.29) is 10.6 Å². The molecule has 0 saturated carbocycles. The SMILES string of the molecule is Cc1nn(C(=N)Cc2ccc3ncc(-c4cnn(C)c4)cc3c2)c(=N)s1. The lowest BCUT2D eigenvalue weighted by molar-refractivity contribution is 0.768. The first kappa shape index (κ1) is 16.3. The summed E-state index contributed by atoms with van der Waals surface area (Å²) in [7, 11) is 1.89. The molecule has 0 aliphatic carbocycles. The molecule has 0 aliphatic rings. The van der Waals surface area contributed by atoms with Crippen molar-refractivity contribution in [3.8, 4) is 11.1 Å². The first-order valence-electron chi connectivity index (χ1n) is 8.06. The Balaban J connectivity index is 1.67. The van der Waals surface area contributed by atoms with Crippen molar-refractivity contribution in [2.75, 3.05) is 0 Å². The fourth-order valence-corrected chi connectivity index (χ4v) is 3.50. The van der Waals surface area contributed by atoms with Gasteiger partial charge in [0.25, 0.3) is 0 Å². The van der Waals surface area contributed by atoms with Crippen molar-refractivity contribution in [1.82, 2.24) is 24.5 Å². The molecule has 4 aromatic rings. The Morgan fingerprint density at radius 3 is 2.73 bits per heavy atom. The number of nitrogens with zero attached hydrogens (tertiary/aromatic N) is 5. The van der Waals surface area contributed by atoms with Crippen LogP contribution in [-0.2, 0) is 13.5 Å². The number of hydrogen-bond acceptors (Lipinski definition) is 6. The van der Waals surface area contributed by atoms with Crippen LogP contribution in [0.2, 0.25) is 0 Å². The molecule has 7 nitrogen and oxygen atoms in total. The van der Waals surface area contributed by atoms with Crippen LogP contribution in [-0.4, -0.2) is 30.4 Å². The van der Waals surface area contributed by atoms with Crippen molar-refractivity contribution in [3.05, 3.63) is 58.2 Å². The zero-order valence-electron chi connectivity index (χ0n) is 14.4. The molecule has 0 saturated heterocycles. The van der Waals surface area contributed by atoms with E-state index in [9.17, 15) is 0 Å². The number of aryl methyl sites for hydroxylation is 2. The highest BCUT2D eigenvalue weighted by atomic mass is 32.1. The molecular formula is C18H17N7S. The van der Waals surface area contributed by atoms with Gasteiger partial charge in [0.05, 0.1) is 11.7 Å². The van der Waals surface area contributed by atoms with Crippen LogP contribution in [0.15, 0.2) is 42.9 Å². The number of aromatic nitrogens is 5. The number of fused-ring (bicyclic) bond motifs is 1. The van der Waals surface area contributed by atoms with Crippen molar-refractivity contribution in [3.63, 3.8) is 0 Å². The van der Waals surface area contributed by atoms with Gasteiger partial charge in [-0.15, -0.1) is 0 Å². The van der Waals surface area contributed by atoms with Crippen molar-refractivity contribution in [2.24, 2.45) is 7.05 Å². The molecule has 4 rings (SSSR count). The van der Waals surface area contributed by atoms with Crippen LogP contribution in [0.5, 0.6) is 0 Å². The average Bonchev–Trinajstić information content (AvgIpc) is 3.19. The summed E-state index contributed by atoms with van der Waals surface area (Å²) in [4.78, 5) is 4.80. The van der Waals surface area contributed by atoms with Gasteiger partial charge in [0, 0.05) is 42.4 Å². The largest absolute Gasteiger partial charge is 0.286 e. The monoisotopic (exact) mass is 363 g/mol. The van der Waals surface area contributed by atoms with Gasteiger partial charge in [-0.2, -0.15) is 14.9 Å². The van der Waals surface area contributed by atoms with Crippen LogP contribution in [0.1, 0.15) is 10.6 Å². The third kappa shape index (κ3) is 3.06. The van der Waals surface area contributed by atoms with Gasteiger partial charge in [0.2, 0.25) is 4.80 Å². The van der Waals surface area contributed by atoms with Crippen LogP contribution >= 0.6 is 11.3 Å². The average molecular weight is 363 g/mol. The summed E-state index contributed by atoms with van der Waals surface area (Å²) in [5, 5.41) is 26.4. The van der Waals surface area contributed by atoms with E-state index in [1.54, 1.807) is 4.68 Å². The minimum absolute atomic E-state index is 0.272. The van der Waals surface area contributed by atoms with Crippen LogP contribution in [0.4, 0.5) is 0 Å². The third-order valence-electron chi connectivity index (χ3n) is 4.09. The number of benzene rings is 1. The lowest BCUT2D eigenvalue weighted by Crippen LogP contribution is -2.25. The van der Waals surface area contributed by atoms with E-state index in [1.165, 1.54) is 16.0 Å². The third-order valence-corrected chi connectivity index (χ3v) is 4.83. The molecule has 0 spiro atoms. The topological polar surface area (TPSA) is 96.2 Å². The first-order valence-corrected chi connectivity index (χ1v) is 8.88. The first-order chi connectivity index (χ1) is 12.5. The summed E-state index contributed by atoms with van der Waals surface area (Å²) in [6.45, 7) is 1.84. The van der Waals surface area contributed by atoms with Crippen molar-refractivity contribution in [2.45, 2.75) is 13.3 Å². The van der Waals surface area contributed by atoms with E-state index in [4.69, 9.17) is 10.8 Å². The molecule has 0 amide bonds. The van der Waals surface area contributed by atoms with E-state index in [0.29, 0.717) is 6.42 Å². The highest BCUT2D eigenvalue weighted by Gasteiger charge is 2.09. The smallest absolute Gasteiger partial charge is 0.206 e.